The van der Waals surface area contributed by atoms with Crippen LogP contribution in [0.15, 0.2) is 96.9 Å². The summed E-state index contributed by atoms with van der Waals surface area (Å²) in [5.41, 5.74) is 5.90. The fourth-order valence-corrected chi connectivity index (χ4v) is 9.27. The quantitative estimate of drug-likeness (QED) is 0.0302. The molecule has 0 spiro atoms. The number of anilines is 2. The van der Waals surface area contributed by atoms with Crippen molar-refractivity contribution in [1.82, 2.24) is 9.80 Å². The number of alkyl halides is 1. The molecule has 3 atom stereocenters. The van der Waals surface area contributed by atoms with Gasteiger partial charge in [-0.2, -0.15) is 8.96 Å². The van der Waals surface area contributed by atoms with Gasteiger partial charge in [0, 0.05) is 108 Å². The highest BCUT2D eigenvalue weighted by atomic mass is 33.1. The van der Waals surface area contributed by atoms with E-state index in [2.05, 4.69) is 65.4 Å². The second-order valence-electron chi connectivity index (χ2n) is 15.5. The molecule has 2 aromatic carbocycles. The van der Waals surface area contributed by atoms with Crippen LogP contribution in [-0.4, -0.2) is 105 Å². The Hall–Kier alpha value is -4.39. The van der Waals surface area contributed by atoms with Gasteiger partial charge in [-0.05, 0) is 71.9 Å². The number of aryl methyl sites for hydroxylation is 1. The van der Waals surface area contributed by atoms with Gasteiger partial charge in [-0.3, -0.25) is 9.59 Å². The zero-order chi connectivity index (χ0) is 41.7. The number of carbonyl (C=O) groups excluding carboxylic acids is 2. The van der Waals surface area contributed by atoms with E-state index < -0.39 is 6.30 Å². The van der Waals surface area contributed by atoms with Gasteiger partial charge in [0.15, 0.2) is 12.4 Å². The van der Waals surface area contributed by atoms with E-state index >= 15 is 4.39 Å². The van der Waals surface area contributed by atoms with Gasteiger partial charge >= 0.3 is 5.95 Å². The molecule has 2 amide bonds. The molecule has 8 nitrogen and oxygen atoms in total. The number of benzene rings is 2. The average Bonchev–Trinajstić information content (AvgIpc) is 3.22. The van der Waals surface area contributed by atoms with Gasteiger partial charge in [-0.25, -0.2) is 4.48 Å². The lowest BCUT2D eigenvalue weighted by molar-refractivity contribution is -0.917. The van der Waals surface area contributed by atoms with Crippen LogP contribution < -0.4 is 14.4 Å². The monoisotopic (exact) mass is 830 g/mol. The number of amides is 2. The molecular weight excluding hydrogens is 771 g/mol. The van der Waals surface area contributed by atoms with Crippen molar-refractivity contribution in [3.8, 4) is 0 Å². The van der Waals surface area contributed by atoms with Gasteiger partial charge in [0.05, 0.1) is 7.05 Å². The summed E-state index contributed by atoms with van der Waals surface area (Å²) < 4.78 is 31.1. The van der Waals surface area contributed by atoms with Crippen molar-refractivity contribution in [2.45, 2.75) is 51.0 Å². The number of carbonyl (C=O) groups is 2. The molecule has 0 fully saturated rings. The summed E-state index contributed by atoms with van der Waals surface area (Å²) in [6.07, 6.45) is 17.9. The van der Waals surface area contributed by atoms with Crippen molar-refractivity contribution in [3.05, 3.63) is 119 Å². The molecule has 8 rings (SSSR count). The van der Waals surface area contributed by atoms with Crippen molar-refractivity contribution in [1.29, 1.82) is 0 Å². The topological polar surface area (TPSA) is 51.0 Å². The minimum absolute atomic E-state index is 0.0854. The standard InChI is InChI=1S/C46H60F2N6O2S2/c1-49(40-20-16-36(17-21-40)12-14-38-24-29-50(2)42(47)34-38)27-9-28-51(3)45(55)10-7-32-57-58-33-8-11-46(56)52(4)30-25-44-53(5)41-22-18-37(19-23-41)13-15-39-26-31-54(44,6)43(48)35-39/h12-24,26,29,31,34-35,43-44H,7-11,25,27-28,30,32-33H2,1-6H3/q+2/b15-13+. The lowest BCUT2D eigenvalue weighted by Crippen LogP contribution is -2.60. The summed E-state index contributed by atoms with van der Waals surface area (Å²) in [6.45, 7) is 2.06. The average molecular weight is 831 g/mol. The van der Waals surface area contributed by atoms with Crippen molar-refractivity contribution in [3.63, 3.8) is 0 Å². The molecule has 0 N–H and O–H groups in total. The van der Waals surface area contributed by atoms with E-state index in [4.69, 9.17) is 0 Å². The highest BCUT2D eigenvalue weighted by molar-refractivity contribution is 8.76. The number of hydrogen-bond donors (Lipinski definition) is 0. The van der Waals surface area contributed by atoms with Crippen molar-refractivity contribution >= 4 is 63.0 Å². The molecule has 58 heavy (non-hydrogen) atoms. The highest BCUT2D eigenvalue weighted by Crippen LogP contribution is 2.33. The summed E-state index contributed by atoms with van der Waals surface area (Å²) in [6, 6.07) is 19.9. The van der Waals surface area contributed by atoms with E-state index in [0.717, 1.165) is 71.0 Å². The molecule has 0 radical (unpaired) electrons. The largest absolute Gasteiger partial charge is 0.375 e. The third-order valence-electron chi connectivity index (χ3n) is 11.1. The van der Waals surface area contributed by atoms with Crippen LogP contribution in [-0.2, 0) is 16.6 Å². The van der Waals surface area contributed by atoms with E-state index in [-0.39, 0.29) is 28.4 Å². The van der Waals surface area contributed by atoms with Crippen LogP contribution in [0.5, 0.6) is 0 Å². The molecule has 0 saturated carbocycles. The Kier molecular flexibility index (Phi) is 16.6. The van der Waals surface area contributed by atoms with Crippen LogP contribution in [0, 0.1) is 5.95 Å². The minimum atomic E-state index is -1.20. The molecule has 3 unspecified atom stereocenters. The fourth-order valence-electron chi connectivity index (χ4n) is 7.10. The molecule has 12 heteroatoms. The van der Waals surface area contributed by atoms with Crippen LogP contribution in [0.3, 0.4) is 0 Å². The van der Waals surface area contributed by atoms with Crippen LogP contribution >= 0.6 is 21.6 Å². The Balaban J connectivity index is 0.926. The zero-order valence-corrected chi connectivity index (χ0v) is 36.5. The smallest absolute Gasteiger partial charge is 0.359 e. The van der Waals surface area contributed by atoms with E-state index in [1.54, 1.807) is 45.8 Å². The number of halogens is 2. The molecule has 3 aromatic rings. The zero-order valence-electron chi connectivity index (χ0n) is 34.9. The third-order valence-corrected chi connectivity index (χ3v) is 13.7. The third kappa shape index (κ3) is 12.6. The molecule has 0 saturated heterocycles. The van der Waals surface area contributed by atoms with Gasteiger partial charge in [0.25, 0.3) is 6.30 Å². The van der Waals surface area contributed by atoms with Crippen LogP contribution in [0.4, 0.5) is 20.2 Å². The van der Waals surface area contributed by atoms with E-state index in [0.29, 0.717) is 32.4 Å². The Morgan fingerprint density at radius 2 is 1.47 bits per heavy atom. The van der Waals surface area contributed by atoms with Gasteiger partial charge in [0.1, 0.15) is 13.2 Å². The number of nitrogens with zero attached hydrogens (tertiary/aromatic N) is 6. The van der Waals surface area contributed by atoms with E-state index in [9.17, 15) is 14.0 Å². The number of hydrogen-bond acceptors (Lipinski definition) is 6. The summed E-state index contributed by atoms with van der Waals surface area (Å²) in [5.74, 6) is 1.74. The second kappa shape index (κ2) is 21.6. The number of rotatable bonds is 19. The van der Waals surface area contributed by atoms with Crippen LogP contribution in [0.25, 0.3) is 18.2 Å². The SMILES string of the molecule is CN(CCCN(C)c1ccc(/C=C/c2cc[n+](C)c(F)c2)cc1)C(=O)CCCSSCCCC(=O)N(C)CCC1N(C)c2ccc(cc2)/C=C/C2=CC(F)[N+]1(C)C=C2. The molecule has 4 bridgehead atoms. The van der Waals surface area contributed by atoms with Crippen LogP contribution in [0.1, 0.15) is 55.2 Å². The molecule has 0 aliphatic carbocycles. The van der Waals surface area contributed by atoms with Crippen LogP contribution in [0.2, 0.25) is 0 Å². The maximum absolute atomic E-state index is 15.8. The Labute approximate surface area is 352 Å². The number of aromatic nitrogens is 1. The highest BCUT2D eigenvalue weighted by Gasteiger charge is 2.42. The molecule has 5 aliphatic rings. The first kappa shape index (κ1) is 44.7. The maximum Gasteiger partial charge on any atom is 0.359 e. The minimum Gasteiger partial charge on any atom is -0.375 e. The Morgan fingerprint density at radius 3 is 2.10 bits per heavy atom. The number of quaternary nitrogens is 1. The first-order valence-electron chi connectivity index (χ1n) is 20.1. The summed E-state index contributed by atoms with van der Waals surface area (Å²) in [5, 5.41) is 0. The number of likely N-dealkylation sites (N-methyl/N-ethyl adjacent to an activating group) is 1. The first-order valence-corrected chi connectivity index (χ1v) is 22.6. The number of allylic oxidation sites excluding steroid dienone is 3. The normalized spacial score (nSPS) is 19.2. The predicted molar refractivity (Wildman–Crippen MR) is 240 cm³/mol. The van der Waals surface area contributed by atoms with Gasteiger partial charge in [0.2, 0.25) is 11.8 Å². The number of pyridine rings is 1. The van der Waals surface area contributed by atoms with Gasteiger partial charge < -0.3 is 19.6 Å². The molecule has 5 aliphatic heterocycles. The summed E-state index contributed by atoms with van der Waals surface area (Å²) in [4.78, 5) is 33.8. The lowest BCUT2D eigenvalue weighted by atomic mass is 10.0. The van der Waals surface area contributed by atoms with Gasteiger partial charge in [-0.1, -0.05) is 70.2 Å². The molecule has 1 aromatic heterocycles. The molecular formula is C46H60F2N6O2S2+2. The van der Waals surface area contributed by atoms with Crippen molar-refractivity contribution in [2.75, 3.05) is 76.2 Å². The van der Waals surface area contributed by atoms with Crippen molar-refractivity contribution < 1.29 is 27.4 Å². The Morgan fingerprint density at radius 1 is 0.828 bits per heavy atom. The first-order chi connectivity index (χ1) is 27.8. The summed E-state index contributed by atoms with van der Waals surface area (Å²) >= 11 is 0. The predicted octanol–water partition coefficient (Wildman–Crippen LogP) is 8.58. The second-order valence-corrected chi connectivity index (χ2v) is 18.2. The van der Waals surface area contributed by atoms with Crippen molar-refractivity contribution in [2.24, 2.45) is 7.05 Å². The Bertz CT molecular complexity index is 1950. The van der Waals surface area contributed by atoms with E-state index in [1.165, 1.54) is 10.6 Å². The van der Waals surface area contributed by atoms with Gasteiger partial charge in [-0.15, -0.1) is 4.39 Å². The summed E-state index contributed by atoms with van der Waals surface area (Å²) in [7, 11) is 14.9. The molecule has 310 valence electrons. The molecule has 6 heterocycles. The fraction of sp³-hybridized carbons (Fsp3) is 0.413. The van der Waals surface area contributed by atoms with E-state index in [1.807, 2.05) is 75.7 Å². The lowest BCUT2D eigenvalue weighted by Gasteiger charge is -2.46. The maximum atomic E-state index is 15.8.